The summed E-state index contributed by atoms with van der Waals surface area (Å²) in [5.41, 5.74) is 2.56. The van der Waals surface area contributed by atoms with Crippen molar-refractivity contribution in [2.75, 3.05) is 12.4 Å². The van der Waals surface area contributed by atoms with Crippen molar-refractivity contribution in [2.45, 2.75) is 33.9 Å². The van der Waals surface area contributed by atoms with Crippen molar-refractivity contribution in [2.24, 2.45) is 0 Å². The summed E-state index contributed by atoms with van der Waals surface area (Å²) in [4.78, 5) is 32.8. The zero-order valence-electron chi connectivity index (χ0n) is 14.0. The number of aryl methyl sites for hydroxylation is 3. The van der Waals surface area contributed by atoms with Crippen LogP contribution in [0.5, 0.6) is 0 Å². The summed E-state index contributed by atoms with van der Waals surface area (Å²) in [5.74, 6) is 0.634. The number of ether oxygens (including phenoxy) is 1. The number of hydrogen-bond donors (Lipinski definition) is 2. The first-order chi connectivity index (χ1) is 11.4. The van der Waals surface area contributed by atoms with E-state index in [0.29, 0.717) is 12.4 Å². The molecule has 0 bridgehead atoms. The normalized spacial score (nSPS) is 10.3. The molecule has 0 unspecified atom stereocenters. The van der Waals surface area contributed by atoms with Gasteiger partial charge in [0.05, 0.1) is 13.3 Å². The van der Waals surface area contributed by atoms with Gasteiger partial charge >= 0.3 is 6.09 Å². The maximum Gasteiger partial charge on any atom is 0.412 e. The largest absolute Gasteiger partial charge is 0.453 e. The van der Waals surface area contributed by atoms with Crippen LogP contribution in [-0.4, -0.2) is 44.1 Å². The number of rotatable bonds is 5. The second-order valence-electron chi connectivity index (χ2n) is 5.07. The lowest BCUT2D eigenvalue weighted by Gasteiger charge is -2.10. The van der Waals surface area contributed by atoms with Crippen LogP contribution in [0.1, 0.15) is 22.8 Å². The van der Waals surface area contributed by atoms with Crippen molar-refractivity contribution < 1.29 is 14.3 Å². The third kappa shape index (κ3) is 4.48. The van der Waals surface area contributed by atoms with Crippen LogP contribution in [0.25, 0.3) is 0 Å². The van der Waals surface area contributed by atoms with Crippen molar-refractivity contribution in [3.8, 4) is 0 Å². The molecule has 0 radical (unpaired) electrons. The van der Waals surface area contributed by atoms with Crippen molar-refractivity contribution in [1.82, 2.24) is 30.3 Å². The third-order valence-corrected chi connectivity index (χ3v) is 3.23. The quantitative estimate of drug-likeness (QED) is 0.816. The minimum atomic E-state index is -0.656. The lowest BCUT2D eigenvalue weighted by molar-refractivity contribution is -0.122. The minimum absolute atomic E-state index is 0.0757. The van der Waals surface area contributed by atoms with Gasteiger partial charge in [-0.05, 0) is 20.8 Å². The van der Waals surface area contributed by atoms with Crippen LogP contribution in [0.2, 0.25) is 0 Å². The number of methoxy groups -OCH3 is 1. The summed E-state index contributed by atoms with van der Waals surface area (Å²) in [6.45, 7) is 5.83. The highest BCUT2D eigenvalue weighted by atomic mass is 16.5. The van der Waals surface area contributed by atoms with Gasteiger partial charge in [-0.1, -0.05) is 0 Å². The smallest absolute Gasteiger partial charge is 0.412 e. The van der Waals surface area contributed by atoms with Crippen LogP contribution >= 0.6 is 0 Å². The zero-order chi connectivity index (χ0) is 17.7. The van der Waals surface area contributed by atoms with E-state index in [0.717, 1.165) is 17.0 Å². The first kappa shape index (κ1) is 17.3. The van der Waals surface area contributed by atoms with Gasteiger partial charge in [-0.3, -0.25) is 10.1 Å². The fourth-order valence-electron chi connectivity index (χ4n) is 2.12. The molecule has 128 valence electrons. The van der Waals surface area contributed by atoms with Crippen LogP contribution in [0.15, 0.2) is 6.20 Å². The van der Waals surface area contributed by atoms with E-state index in [1.165, 1.54) is 18.1 Å². The van der Waals surface area contributed by atoms with Gasteiger partial charge in [0, 0.05) is 23.5 Å². The lowest BCUT2D eigenvalue weighted by Crippen LogP contribution is -2.29. The van der Waals surface area contributed by atoms with E-state index in [2.05, 4.69) is 35.5 Å². The molecule has 2 N–H and O–H groups in total. The van der Waals surface area contributed by atoms with Crippen molar-refractivity contribution in [3.05, 3.63) is 29.0 Å². The fourth-order valence-corrected chi connectivity index (χ4v) is 2.12. The van der Waals surface area contributed by atoms with Gasteiger partial charge in [-0.25, -0.2) is 14.8 Å². The second-order valence-corrected chi connectivity index (χ2v) is 5.07. The highest BCUT2D eigenvalue weighted by Crippen LogP contribution is 2.09. The molecule has 2 rings (SSSR count). The standard InChI is InChI=1S/C14H19N7O3/c1-8-11(9(2)18-10(3)17-8)5-15-13(22)7-21-16-6-12(20-21)19-14(23)24-4/h6H,5,7H2,1-4H3,(H,15,22)(H,19,20,23). The Labute approximate surface area is 138 Å². The summed E-state index contributed by atoms with van der Waals surface area (Å²) in [6.07, 6.45) is 0.670. The second kappa shape index (κ2) is 7.49. The van der Waals surface area contributed by atoms with E-state index < -0.39 is 6.09 Å². The van der Waals surface area contributed by atoms with Crippen LogP contribution in [-0.2, 0) is 22.6 Å². The monoisotopic (exact) mass is 333 g/mol. The number of carbonyl (C=O) groups excluding carboxylic acids is 2. The Hall–Kier alpha value is -3.04. The molecule has 2 amide bonds. The first-order valence-corrected chi connectivity index (χ1v) is 7.21. The molecule has 10 nitrogen and oxygen atoms in total. The molecular formula is C14H19N7O3. The molecule has 0 saturated heterocycles. The van der Waals surface area contributed by atoms with Crippen LogP contribution < -0.4 is 10.6 Å². The van der Waals surface area contributed by atoms with Gasteiger partial charge in [0.25, 0.3) is 0 Å². The van der Waals surface area contributed by atoms with E-state index in [1.54, 1.807) is 0 Å². The van der Waals surface area contributed by atoms with Gasteiger partial charge < -0.3 is 10.1 Å². The molecule has 0 aliphatic rings. The van der Waals surface area contributed by atoms with Gasteiger partial charge in [0.1, 0.15) is 12.4 Å². The van der Waals surface area contributed by atoms with Crippen molar-refractivity contribution >= 4 is 17.8 Å². The number of hydrogen-bond acceptors (Lipinski definition) is 7. The number of anilines is 1. The number of carbonyl (C=O) groups is 2. The van der Waals surface area contributed by atoms with E-state index >= 15 is 0 Å². The average molecular weight is 333 g/mol. The SMILES string of the molecule is COC(=O)Nc1cnn(CC(=O)NCc2c(C)nc(C)nc2C)n1. The van der Waals surface area contributed by atoms with Gasteiger partial charge in [-0.15, -0.1) is 5.10 Å². The summed E-state index contributed by atoms with van der Waals surface area (Å²) < 4.78 is 4.44. The van der Waals surface area contributed by atoms with E-state index in [1.807, 2.05) is 20.8 Å². The number of nitrogens with zero attached hydrogens (tertiary/aromatic N) is 5. The Kier molecular flexibility index (Phi) is 5.40. The number of amides is 2. The molecule has 2 aromatic rings. The van der Waals surface area contributed by atoms with Gasteiger partial charge in [0.2, 0.25) is 5.91 Å². The Morgan fingerprint density at radius 2 is 1.88 bits per heavy atom. The highest BCUT2D eigenvalue weighted by molar-refractivity contribution is 5.82. The summed E-state index contributed by atoms with van der Waals surface area (Å²) in [5, 5.41) is 13.0. The number of aromatic nitrogens is 5. The van der Waals surface area contributed by atoms with Crippen LogP contribution in [0.3, 0.4) is 0 Å². The van der Waals surface area contributed by atoms with Crippen LogP contribution in [0.4, 0.5) is 10.6 Å². The molecule has 0 saturated carbocycles. The molecule has 0 spiro atoms. The molecule has 0 fully saturated rings. The van der Waals surface area contributed by atoms with E-state index in [4.69, 9.17) is 0 Å². The molecule has 24 heavy (non-hydrogen) atoms. The highest BCUT2D eigenvalue weighted by Gasteiger charge is 2.11. The lowest BCUT2D eigenvalue weighted by atomic mass is 10.1. The fraction of sp³-hybridized carbons (Fsp3) is 0.429. The molecule has 2 aromatic heterocycles. The van der Waals surface area contributed by atoms with E-state index in [-0.39, 0.29) is 18.3 Å². The molecule has 0 aromatic carbocycles. The van der Waals surface area contributed by atoms with Crippen molar-refractivity contribution in [1.29, 1.82) is 0 Å². The maximum atomic E-state index is 12.0. The predicted octanol–water partition coefficient (Wildman–Crippen LogP) is 0.488. The third-order valence-electron chi connectivity index (χ3n) is 3.23. The topological polar surface area (TPSA) is 124 Å². The van der Waals surface area contributed by atoms with Crippen molar-refractivity contribution in [3.63, 3.8) is 0 Å². The van der Waals surface area contributed by atoms with Gasteiger partial charge in [-0.2, -0.15) is 9.90 Å². The minimum Gasteiger partial charge on any atom is -0.453 e. The first-order valence-electron chi connectivity index (χ1n) is 7.21. The molecule has 0 atom stereocenters. The summed E-state index contributed by atoms with van der Waals surface area (Å²) in [6, 6.07) is 0. The average Bonchev–Trinajstić information content (AvgIpc) is 2.92. The van der Waals surface area contributed by atoms with Gasteiger partial charge in [0.15, 0.2) is 5.82 Å². The molecule has 10 heteroatoms. The zero-order valence-corrected chi connectivity index (χ0v) is 14.0. The summed E-state index contributed by atoms with van der Waals surface area (Å²) in [7, 11) is 1.24. The molecule has 0 aliphatic carbocycles. The molecular weight excluding hydrogens is 314 g/mol. The summed E-state index contributed by atoms with van der Waals surface area (Å²) >= 11 is 0. The molecule has 0 aliphatic heterocycles. The van der Waals surface area contributed by atoms with E-state index in [9.17, 15) is 9.59 Å². The Morgan fingerprint density at radius 1 is 1.21 bits per heavy atom. The van der Waals surface area contributed by atoms with Crippen LogP contribution in [0, 0.1) is 20.8 Å². The predicted molar refractivity (Wildman–Crippen MR) is 84.1 cm³/mol. The Bertz CT molecular complexity index is 734. The molecule has 2 heterocycles. The maximum absolute atomic E-state index is 12.0. The Balaban J connectivity index is 1.91. The Morgan fingerprint density at radius 3 is 2.50 bits per heavy atom. The number of nitrogens with one attached hydrogen (secondary N) is 2.